The van der Waals surface area contributed by atoms with Crippen LogP contribution in [0, 0.1) is 13.0 Å². The Hall–Kier alpha value is -4.80. The molecule has 0 atom stereocenters. The number of benzene rings is 5. The van der Waals surface area contributed by atoms with Crippen LogP contribution >= 0.6 is 0 Å². The minimum absolute atomic E-state index is 0. The molecule has 1 N–H and O–H groups in total. The number of aromatic hydroxyl groups is 1. The third-order valence-corrected chi connectivity index (χ3v) is 8.46. The molecule has 0 aliphatic heterocycles. The topological polar surface area (TPSA) is 68.8 Å². The molecule has 238 valence electrons. The molecule has 0 unspecified atom stereocenters. The monoisotopic (exact) mass is 797 g/mol. The van der Waals surface area contributed by atoms with Crippen LogP contribution in [0.3, 0.4) is 0 Å². The Labute approximate surface area is 290 Å². The molecule has 0 amide bonds. The minimum Gasteiger partial charge on any atom is -0.506 e. The fourth-order valence-electron chi connectivity index (χ4n) is 6.15. The number of aromatic nitrogens is 5. The van der Waals surface area contributed by atoms with Crippen molar-refractivity contribution in [2.24, 2.45) is 0 Å². The van der Waals surface area contributed by atoms with Gasteiger partial charge in [0.05, 0.1) is 16.9 Å². The van der Waals surface area contributed by atoms with E-state index in [4.69, 9.17) is 15.1 Å². The summed E-state index contributed by atoms with van der Waals surface area (Å²) in [7, 11) is 0. The van der Waals surface area contributed by atoms with Crippen LogP contribution < -0.4 is 0 Å². The van der Waals surface area contributed by atoms with Crippen LogP contribution in [0.1, 0.15) is 56.5 Å². The molecular weight excluding hydrogens is 762 g/mol. The van der Waals surface area contributed by atoms with Gasteiger partial charge in [-0.25, -0.2) is 4.68 Å². The van der Waals surface area contributed by atoms with E-state index in [2.05, 4.69) is 105 Å². The van der Waals surface area contributed by atoms with Crippen molar-refractivity contribution in [2.45, 2.75) is 46.5 Å². The Morgan fingerprint density at radius 3 is 2.02 bits per heavy atom. The van der Waals surface area contributed by atoms with Crippen LogP contribution in [0.15, 0.2) is 109 Å². The summed E-state index contributed by atoms with van der Waals surface area (Å²) in [6, 6.07) is 40.4. The van der Waals surface area contributed by atoms with Gasteiger partial charge in [-0.3, -0.25) is 9.97 Å². The summed E-state index contributed by atoms with van der Waals surface area (Å²) in [6.07, 6.45) is 0. The van der Waals surface area contributed by atoms with Crippen LogP contribution in [0.25, 0.3) is 56.3 Å². The molecule has 7 aromatic rings. The molecule has 2 aromatic heterocycles. The summed E-state index contributed by atoms with van der Waals surface area (Å²) in [5.41, 5.74) is 10.3. The molecule has 0 aliphatic rings. The van der Waals surface area contributed by atoms with Gasteiger partial charge >= 0.3 is 0 Å². The Morgan fingerprint density at radius 2 is 1.32 bits per heavy atom. The van der Waals surface area contributed by atoms with Crippen molar-refractivity contribution < 1.29 is 26.2 Å². The summed E-state index contributed by atoms with van der Waals surface area (Å²) in [5, 5.41) is 15.2. The van der Waals surface area contributed by atoms with Crippen LogP contribution in [0.4, 0.5) is 0 Å². The molecule has 0 aliphatic carbocycles. The normalized spacial score (nSPS) is 11.4. The third-order valence-electron chi connectivity index (χ3n) is 8.46. The quantitative estimate of drug-likeness (QED) is 0.163. The van der Waals surface area contributed by atoms with E-state index in [0.717, 1.165) is 28.0 Å². The Balaban J connectivity index is 0.00000386. The van der Waals surface area contributed by atoms with Gasteiger partial charge in [0, 0.05) is 26.8 Å². The van der Waals surface area contributed by atoms with Crippen LogP contribution in [0.5, 0.6) is 5.75 Å². The first-order valence-electron chi connectivity index (χ1n) is 15.8. The van der Waals surface area contributed by atoms with E-state index in [1.165, 1.54) is 27.9 Å². The van der Waals surface area contributed by atoms with E-state index in [9.17, 15) is 5.11 Å². The molecule has 7 rings (SSSR count). The number of imidazole rings is 1. The second-order valence-corrected chi connectivity index (χ2v) is 12.3. The van der Waals surface area contributed by atoms with E-state index in [0.29, 0.717) is 17.3 Å². The Morgan fingerprint density at radius 1 is 0.681 bits per heavy atom. The molecule has 47 heavy (non-hydrogen) atoms. The summed E-state index contributed by atoms with van der Waals surface area (Å²) in [4.78, 5) is 9.96. The number of fused-ring (bicyclic) bond motifs is 1. The zero-order chi connectivity index (χ0) is 31.9. The Kier molecular flexibility index (Phi) is 8.98. The van der Waals surface area contributed by atoms with Crippen molar-refractivity contribution in [1.82, 2.24) is 24.3 Å². The first-order valence-corrected chi connectivity index (χ1v) is 15.8. The van der Waals surface area contributed by atoms with E-state index in [1.807, 2.05) is 37.3 Å². The second kappa shape index (κ2) is 13.1. The number of hydrogen-bond donors (Lipinski definition) is 1. The van der Waals surface area contributed by atoms with Crippen LogP contribution in [-0.2, 0) is 21.1 Å². The smallest absolute Gasteiger partial charge is 0.141 e. The molecule has 5 aromatic carbocycles. The summed E-state index contributed by atoms with van der Waals surface area (Å²) < 4.78 is 3.99. The number of rotatable bonds is 7. The Bertz CT molecular complexity index is 2170. The fourth-order valence-corrected chi connectivity index (χ4v) is 6.15. The molecule has 0 saturated heterocycles. The SMILES string of the molecule is Cc1nc(-c2[c-]c(-c3nc4ccccc4n3-c3c(C(C)C)cc(-c4ccccc4)cc3C(C)C)ccc2)nn1-c1ccccc1O.[Pt]. The van der Waals surface area contributed by atoms with Crippen LogP contribution in [-0.4, -0.2) is 29.4 Å². The molecule has 0 bridgehead atoms. The standard InChI is InChI=1S/C40H36N5O.Pt/c1-25(2)32-23-31(28-14-7-6-8-15-28)24-33(26(3)4)38(32)44-35-19-10-9-18-34(35)42-40(44)30-17-13-16-29(22-30)39-41-27(5)45(43-39)36-20-11-12-21-37(36)46;/h6-21,23-26,46H,1-5H3;/q-1;. The van der Waals surface area contributed by atoms with Crippen molar-refractivity contribution in [2.75, 3.05) is 0 Å². The van der Waals surface area contributed by atoms with Gasteiger partial charge in [0.2, 0.25) is 0 Å². The second-order valence-electron chi connectivity index (χ2n) is 12.3. The van der Waals surface area contributed by atoms with Gasteiger partial charge < -0.3 is 9.67 Å². The predicted molar refractivity (Wildman–Crippen MR) is 186 cm³/mol. The molecule has 6 nitrogen and oxygen atoms in total. The maximum Gasteiger partial charge on any atom is 0.141 e. The number of nitrogens with zero attached hydrogens (tertiary/aromatic N) is 5. The van der Waals surface area contributed by atoms with E-state index >= 15 is 0 Å². The van der Waals surface area contributed by atoms with Gasteiger partial charge in [-0.1, -0.05) is 93.4 Å². The number of phenolic OH excluding ortho intramolecular Hbond substituents is 1. The summed E-state index contributed by atoms with van der Waals surface area (Å²) in [6.45, 7) is 10.9. The van der Waals surface area contributed by atoms with Gasteiger partial charge in [0.25, 0.3) is 0 Å². The number of aryl methyl sites for hydroxylation is 1. The average molecular weight is 798 g/mol. The largest absolute Gasteiger partial charge is 0.506 e. The average Bonchev–Trinajstić information content (AvgIpc) is 3.65. The third kappa shape index (κ3) is 5.94. The van der Waals surface area contributed by atoms with Crippen molar-refractivity contribution in [1.29, 1.82) is 0 Å². The minimum atomic E-state index is 0. The summed E-state index contributed by atoms with van der Waals surface area (Å²) >= 11 is 0. The van der Waals surface area contributed by atoms with Crippen LogP contribution in [0.2, 0.25) is 0 Å². The maximum absolute atomic E-state index is 10.5. The van der Waals surface area contributed by atoms with Crippen molar-refractivity contribution >= 4 is 11.0 Å². The van der Waals surface area contributed by atoms with Crippen molar-refractivity contribution in [3.63, 3.8) is 0 Å². The maximum atomic E-state index is 10.5. The van der Waals surface area contributed by atoms with Gasteiger partial charge in [0.1, 0.15) is 23.1 Å². The fraction of sp³-hybridized carbons (Fsp3) is 0.175. The molecule has 0 spiro atoms. The van der Waals surface area contributed by atoms with Gasteiger partial charge in [-0.2, -0.15) is 5.10 Å². The van der Waals surface area contributed by atoms with Gasteiger partial charge in [0.15, 0.2) is 0 Å². The molecule has 7 heteroatoms. The van der Waals surface area contributed by atoms with Gasteiger partial charge in [-0.05, 0) is 77.4 Å². The van der Waals surface area contributed by atoms with Crippen molar-refractivity contribution in [3.05, 3.63) is 132 Å². The molecule has 0 fully saturated rings. The number of phenols is 1. The van der Waals surface area contributed by atoms with E-state index < -0.39 is 0 Å². The molecule has 2 heterocycles. The van der Waals surface area contributed by atoms with Gasteiger partial charge in [-0.15, -0.1) is 24.3 Å². The van der Waals surface area contributed by atoms with E-state index in [1.54, 1.807) is 16.8 Å². The number of para-hydroxylation sites is 4. The van der Waals surface area contributed by atoms with Crippen molar-refractivity contribution in [3.8, 4) is 51.0 Å². The number of hydrogen-bond acceptors (Lipinski definition) is 4. The first-order chi connectivity index (χ1) is 22.3. The molecular formula is C40H36N5OPt-. The zero-order valence-corrected chi connectivity index (χ0v) is 29.3. The molecule has 0 saturated carbocycles. The first kappa shape index (κ1) is 32.2. The predicted octanol–water partition coefficient (Wildman–Crippen LogP) is 9.67. The van der Waals surface area contributed by atoms with E-state index in [-0.39, 0.29) is 38.7 Å². The summed E-state index contributed by atoms with van der Waals surface area (Å²) in [5.74, 6) is 2.70. The molecule has 0 radical (unpaired) electrons. The zero-order valence-electron chi connectivity index (χ0n) is 27.0.